The molecule has 0 N–H and O–H groups in total. The second-order valence-electron chi connectivity index (χ2n) is 5.06. The summed E-state index contributed by atoms with van der Waals surface area (Å²) in [6.45, 7) is 0.924. The highest BCUT2D eigenvalue weighted by Crippen LogP contribution is 2.30. The number of rotatable bonds is 3. The van der Waals surface area contributed by atoms with Gasteiger partial charge in [-0.15, -0.1) is 11.6 Å². The summed E-state index contributed by atoms with van der Waals surface area (Å²) < 4.78 is 32.4. The number of alkyl halides is 1. The molecule has 0 radical (unpaired) electrons. The molecule has 6 heteroatoms. The van der Waals surface area contributed by atoms with Crippen LogP contribution in [0.5, 0.6) is 0 Å². The number of hydrogen-bond acceptors (Lipinski definition) is 3. The van der Waals surface area contributed by atoms with Crippen molar-refractivity contribution in [2.75, 3.05) is 13.1 Å². The van der Waals surface area contributed by atoms with Crippen LogP contribution in [-0.4, -0.2) is 38.0 Å². The number of halogens is 1. The van der Waals surface area contributed by atoms with Crippen LogP contribution in [0.4, 0.5) is 0 Å². The van der Waals surface area contributed by atoms with Crippen molar-refractivity contribution < 1.29 is 13.2 Å². The van der Waals surface area contributed by atoms with Crippen LogP contribution in [0.2, 0.25) is 0 Å². The molecule has 2 bridgehead atoms. The molecule has 19 heavy (non-hydrogen) atoms. The number of morpholine rings is 1. The molecule has 0 spiro atoms. The molecule has 2 aliphatic heterocycles. The molecule has 1 aromatic rings. The first-order chi connectivity index (χ1) is 9.09. The van der Waals surface area contributed by atoms with Crippen molar-refractivity contribution in [2.45, 2.75) is 35.8 Å². The third kappa shape index (κ3) is 2.52. The minimum Gasteiger partial charge on any atom is -0.372 e. The first kappa shape index (κ1) is 13.4. The van der Waals surface area contributed by atoms with Crippen molar-refractivity contribution in [1.82, 2.24) is 4.31 Å². The van der Waals surface area contributed by atoms with Crippen LogP contribution in [-0.2, 0) is 20.6 Å². The van der Waals surface area contributed by atoms with Crippen LogP contribution in [0.15, 0.2) is 29.2 Å². The maximum atomic E-state index is 12.6. The molecule has 2 saturated heterocycles. The van der Waals surface area contributed by atoms with Gasteiger partial charge in [-0.2, -0.15) is 4.31 Å². The molecule has 0 saturated carbocycles. The van der Waals surface area contributed by atoms with Gasteiger partial charge in [0.15, 0.2) is 0 Å². The van der Waals surface area contributed by atoms with Crippen LogP contribution in [0.25, 0.3) is 0 Å². The number of fused-ring (bicyclic) bond motifs is 2. The molecule has 2 fully saturated rings. The summed E-state index contributed by atoms with van der Waals surface area (Å²) in [4.78, 5) is 0.326. The lowest BCUT2D eigenvalue weighted by Gasteiger charge is -2.31. The van der Waals surface area contributed by atoms with E-state index in [0.717, 1.165) is 18.4 Å². The zero-order valence-corrected chi connectivity index (χ0v) is 12.0. The molecule has 0 aromatic heterocycles. The number of nitrogens with zero attached hydrogens (tertiary/aromatic N) is 1. The summed E-state index contributed by atoms with van der Waals surface area (Å²) >= 11 is 5.76. The van der Waals surface area contributed by atoms with E-state index < -0.39 is 10.0 Å². The van der Waals surface area contributed by atoms with E-state index >= 15 is 0 Å². The van der Waals surface area contributed by atoms with E-state index in [9.17, 15) is 8.42 Å². The fraction of sp³-hybridized carbons (Fsp3) is 0.538. The normalized spacial score (nSPS) is 27.6. The lowest BCUT2D eigenvalue weighted by Crippen LogP contribution is -2.45. The SMILES string of the molecule is O=S(=O)(c1cccc(CCl)c1)N1CC2CCC(C1)O2. The Morgan fingerprint density at radius 3 is 2.58 bits per heavy atom. The van der Waals surface area contributed by atoms with E-state index in [-0.39, 0.29) is 12.2 Å². The molecule has 2 unspecified atom stereocenters. The standard InChI is InChI=1S/C13H16ClNO3S/c14-7-10-2-1-3-13(6-10)19(16,17)15-8-11-4-5-12(9-15)18-11/h1-3,6,11-12H,4-5,7-9H2. The minimum atomic E-state index is -3.43. The predicted octanol–water partition coefficient (Wildman–Crippen LogP) is 1.98. The van der Waals surface area contributed by atoms with Crippen LogP contribution in [0.3, 0.4) is 0 Å². The highest BCUT2D eigenvalue weighted by atomic mass is 35.5. The Labute approximate surface area is 118 Å². The van der Waals surface area contributed by atoms with Gasteiger partial charge >= 0.3 is 0 Å². The van der Waals surface area contributed by atoms with Crippen LogP contribution >= 0.6 is 11.6 Å². The molecule has 1 aromatic carbocycles. The summed E-state index contributed by atoms with van der Waals surface area (Å²) in [5.41, 5.74) is 0.818. The maximum Gasteiger partial charge on any atom is 0.243 e. The average Bonchev–Trinajstić information content (AvgIpc) is 2.77. The van der Waals surface area contributed by atoms with Gasteiger partial charge in [0, 0.05) is 19.0 Å². The first-order valence-corrected chi connectivity index (χ1v) is 8.37. The Morgan fingerprint density at radius 1 is 1.26 bits per heavy atom. The second kappa shape index (κ2) is 5.05. The highest BCUT2D eigenvalue weighted by Gasteiger charge is 2.39. The van der Waals surface area contributed by atoms with E-state index in [4.69, 9.17) is 16.3 Å². The van der Waals surface area contributed by atoms with Gasteiger partial charge in [-0.1, -0.05) is 12.1 Å². The molecule has 104 valence electrons. The second-order valence-corrected chi connectivity index (χ2v) is 7.27. The van der Waals surface area contributed by atoms with E-state index in [1.807, 2.05) is 6.07 Å². The van der Waals surface area contributed by atoms with Gasteiger partial charge in [-0.05, 0) is 30.5 Å². The fourth-order valence-corrected chi connectivity index (χ4v) is 4.45. The average molecular weight is 302 g/mol. The molecule has 2 aliphatic rings. The molecular weight excluding hydrogens is 286 g/mol. The third-order valence-electron chi connectivity index (χ3n) is 3.70. The van der Waals surface area contributed by atoms with Crippen LogP contribution in [0, 0.1) is 0 Å². The molecular formula is C13H16ClNO3S. The smallest absolute Gasteiger partial charge is 0.243 e. The Kier molecular flexibility index (Phi) is 3.55. The Balaban J connectivity index is 1.89. The molecule has 2 atom stereocenters. The van der Waals surface area contributed by atoms with Gasteiger partial charge in [0.05, 0.1) is 17.1 Å². The minimum absolute atomic E-state index is 0.0599. The van der Waals surface area contributed by atoms with E-state index in [1.54, 1.807) is 22.5 Å². The first-order valence-electron chi connectivity index (χ1n) is 6.40. The fourth-order valence-electron chi connectivity index (χ4n) is 2.71. The van der Waals surface area contributed by atoms with Crippen molar-refractivity contribution in [1.29, 1.82) is 0 Å². The molecule has 4 nitrogen and oxygen atoms in total. The quantitative estimate of drug-likeness (QED) is 0.802. The Morgan fingerprint density at radius 2 is 1.95 bits per heavy atom. The number of hydrogen-bond donors (Lipinski definition) is 0. The van der Waals surface area contributed by atoms with Gasteiger partial charge < -0.3 is 4.74 Å². The summed E-state index contributed by atoms with van der Waals surface area (Å²) in [5, 5.41) is 0. The van der Waals surface area contributed by atoms with Crippen molar-refractivity contribution in [3.8, 4) is 0 Å². The topological polar surface area (TPSA) is 46.6 Å². The number of benzene rings is 1. The lowest BCUT2D eigenvalue weighted by molar-refractivity contribution is -0.0114. The van der Waals surface area contributed by atoms with Crippen molar-refractivity contribution in [2.24, 2.45) is 0 Å². The lowest BCUT2D eigenvalue weighted by atomic mass is 10.2. The molecule has 0 amide bonds. The number of sulfonamides is 1. The van der Waals surface area contributed by atoms with Gasteiger partial charge in [0.2, 0.25) is 10.0 Å². The highest BCUT2D eigenvalue weighted by molar-refractivity contribution is 7.89. The summed E-state index contributed by atoms with van der Waals surface area (Å²) in [6.07, 6.45) is 2.03. The van der Waals surface area contributed by atoms with Crippen molar-refractivity contribution in [3.05, 3.63) is 29.8 Å². The Bertz CT molecular complexity index is 563. The molecule has 2 heterocycles. The third-order valence-corrected chi connectivity index (χ3v) is 5.84. The van der Waals surface area contributed by atoms with Crippen LogP contribution < -0.4 is 0 Å². The predicted molar refractivity (Wildman–Crippen MR) is 72.7 cm³/mol. The zero-order chi connectivity index (χ0) is 13.5. The van der Waals surface area contributed by atoms with E-state index in [0.29, 0.717) is 23.9 Å². The van der Waals surface area contributed by atoms with Gasteiger partial charge in [-0.25, -0.2) is 8.42 Å². The Hall–Kier alpha value is -0.620. The monoisotopic (exact) mass is 301 g/mol. The van der Waals surface area contributed by atoms with E-state index in [1.165, 1.54) is 0 Å². The maximum absolute atomic E-state index is 12.6. The van der Waals surface area contributed by atoms with Crippen molar-refractivity contribution in [3.63, 3.8) is 0 Å². The molecule has 0 aliphatic carbocycles. The molecule has 3 rings (SSSR count). The largest absolute Gasteiger partial charge is 0.372 e. The summed E-state index contributed by atoms with van der Waals surface area (Å²) in [5.74, 6) is 0.317. The summed E-state index contributed by atoms with van der Waals surface area (Å²) in [6, 6.07) is 6.84. The van der Waals surface area contributed by atoms with Gasteiger partial charge in [0.25, 0.3) is 0 Å². The van der Waals surface area contributed by atoms with Crippen LogP contribution in [0.1, 0.15) is 18.4 Å². The summed E-state index contributed by atoms with van der Waals surface area (Å²) in [7, 11) is -3.43. The number of ether oxygens (including phenoxy) is 1. The van der Waals surface area contributed by atoms with Gasteiger partial charge in [0.1, 0.15) is 0 Å². The van der Waals surface area contributed by atoms with Crippen molar-refractivity contribution >= 4 is 21.6 Å². The zero-order valence-electron chi connectivity index (χ0n) is 10.5. The van der Waals surface area contributed by atoms with Gasteiger partial charge in [-0.3, -0.25) is 0 Å². The van der Waals surface area contributed by atoms with E-state index in [2.05, 4.69) is 0 Å².